The van der Waals surface area contributed by atoms with Gasteiger partial charge in [0, 0.05) is 6.07 Å². The molecule has 1 aromatic carbocycles. The molecule has 1 saturated carbocycles. The Hall–Kier alpha value is -1.57. The average Bonchev–Trinajstić information content (AvgIpc) is 3.40. The number of epoxide rings is 1. The van der Waals surface area contributed by atoms with Gasteiger partial charge in [0.05, 0.1) is 25.2 Å². The van der Waals surface area contributed by atoms with Crippen LogP contribution < -0.4 is 4.74 Å². The van der Waals surface area contributed by atoms with E-state index in [0.29, 0.717) is 19.4 Å². The minimum atomic E-state index is -1.03. The maximum atomic E-state index is 13.1. The zero-order chi connectivity index (χ0) is 16.9. The molecular weight excluding hydrogens is 322 g/mol. The maximum Gasteiger partial charge on any atom is 0.314 e. The van der Waals surface area contributed by atoms with E-state index >= 15 is 0 Å². The van der Waals surface area contributed by atoms with Gasteiger partial charge in [0.25, 0.3) is 0 Å². The molecule has 132 valence electrons. The van der Waals surface area contributed by atoms with Crippen molar-refractivity contribution in [2.45, 2.75) is 37.9 Å². The third-order valence-corrected chi connectivity index (χ3v) is 4.21. The van der Waals surface area contributed by atoms with Crippen molar-refractivity contribution in [3.8, 4) is 5.75 Å². The summed E-state index contributed by atoms with van der Waals surface area (Å²) in [7, 11) is 0. The van der Waals surface area contributed by atoms with Gasteiger partial charge in [0.2, 0.25) is 0 Å². The smallest absolute Gasteiger partial charge is 0.314 e. The SMILES string of the molecule is O=C(Oc1ccc(F)c(F)c1)C1CCC(OCOCC2CO2)CC1. The van der Waals surface area contributed by atoms with Crippen molar-refractivity contribution in [2.75, 3.05) is 20.0 Å². The number of hydrogen-bond donors (Lipinski definition) is 0. The van der Waals surface area contributed by atoms with Gasteiger partial charge in [-0.25, -0.2) is 8.78 Å². The lowest BCUT2D eigenvalue weighted by atomic mass is 9.87. The van der Waals surface area contributed by atoms with E-state index in [0.717, 1.165) is 31.6 Å². The normalized spacial score (nSPS) is 26.2. The Morgan fingerprint density at radius 3 is 2.58 bits per heavy atom. The highest BCUT2D eigenvalue weighted by Gasteiger charge is 2.28. The summed E-state index contributed by atoms with van der Waals surface area (Å²) < 4.78 is 47.1. The molecule has 1 heterocycles. The van der Waals surface area contributed by atoms with Crippen LogP contribution in [0.4, 0.5) is 8.78 Å². The Labute approximate surface area is 138 Å². The molecular formula is C17H20F2O5. The van der Waals surface area contributed by atoms with Crippen LogP contribution in [0, 0.1) is 17.6 Å². The Kier molecular flexibility index (Phi) is 5.76. The molecule has 1 aliphatic heterocycles. The number of carbonyl (C=O) groups excluding carboxylic acids is 1. The minimum Gasteiger partial charge on any atom is -0.426 e. The molecule has 5 nitrogen and oxygen atoms in total. The van der Waals surface area contributed by atoms with Crippen LogP contribution in [0.3, 0.4) is 0 Å². The van der Waals surface area contributed by atoms with E-state index in [4.69, 9.17) is 18.9 Å². The summed E-state index contributed by atoms with van der Waals surface area (Å²) in [5, 5.41) is 0. The monoisotopic (exact) mass is 342 g/mol. The molecule has 0 bridgehead atoms. The van der Waals surface area contributed by atoms with Gasteiger partial charge in [-0.3, -0.25) is 4.79 Å². The van der Waals surface area contributed by atoms with Crippen molar-refractivity contribution in [1.29, 1.82) is 0 Å². The van der Waals surface area contributed by atoms with Crippen molar-refractivity contribution in [2.24, 2.45) is 5.92 Å². The Morgan fingerprint density at radius 2 is 1.92 bits per heavy atom. The molecule has 2 fully saturated rings. The van der Waals surface area contributed by atoms with Crippen molar-refractivity contribution in [1.82, 2.24) is 0 Å². The fraction of sp³-hybridized carbons (Fsp3) is 0.588. The van der Waals surface area contributed by atoms with Crippen LogP contribution in [0.25, 0.3) is 0 Å². The van der Waals surface area contributed by atoms with Crippen LogP contribution in [0.5, 0.6) is 5.75 Å². The van der Waals surface area contributed by atoms with Gasteiger partial charge in [-0.05, 0) is 37.8 Å². The second-order valence-corrected chi connectivity index (χ2v) is 6.08. The molecule has 0 radical (unpaired) electrons. The molecule has 1 atom stereocenters. The summed E-state index contributed by atoms with van der Waals surface area (Å²) in [6.07, 6.45) is 3.03. The molecule has 2 aliphatic rings. The van der Waals surface area contributed by atoms with Crippen LogP contribution in [-0.2, 0) is 19.0 Å². The van der Waals surface area contributed by atoms with Crippen LogP contribution >= 0.6 is 0 Å². The van der Waals surface area contributed by atoms with Gasteiger partial charge < -0.3 is 18.9 Å². The van der Waals surface area contributed by atoms with Crippen molar-refractivity contribution >= 4 is 5.97 Å². The van der Waals surface area contributed by atoms with E-state index in [1.54, 1.807) is 0 Å². The number of ether oxygens (including phenoxy) is 4. The van der Waals surface area contributed by atoms with Gasteiger partial charge >= 0.3 is 5.97 Å². The van der Waals surface area contributed by atoms with Gasteiger partial charge in [-0.1, -0.05) is 0 Å². The Balaban J connectivity index is 1.37. The topological polar surface area (TPSA) is 57.3 Å². The highest BCUT2D eigenvalue weighted by Crippen LogP contribution is 2.28. The first-order valence-electron chi connectivity index (χ1n) is 8.09. The number of hydrogen-bond acceptors (Lipinski definition) is 5. The molecule has 1 unspecified atom stereocenters. The number of benzene rings is 1. The summed E-state index contributed by atoms with van der Waals surface area (Å²) in [5.41, 5.74) is 0. The van der Waals surface area contributed by atoms with Gasteiger partial charge in [-0.15, -0.1) is 0 Å². The number of halogens is 2. The molecule has 1 aliphatic carbocycles. The van der Waals surface area contributed by atoms with E-state index in [-0.39, 0.29) is 30.7 Å². The van der Waals surface area contributed by atoms with Gasteiger partial charge in [0.1, 0.15) is 18.6 Å². The first-order chi connectivity index (χ1) is 11.6. The molecule has 7 heteroatoms. The standard InChI is InChI=1S/C17H20F2O5/c18-15-6-5-13(7-16(15)19)24-17(20)11-1-3-12(4-2-11)23-10-21-8-14-9-22-14/h5-7,11-12,14H,1-4,8-10H2. The zero-order valence-electron chi connectivity index (χ0n) is 13.2. The summed E-state index contributed by atoms with van der Waals surface area (Å²) in [5.74, 6) is -2.65. The minimum absolute atomic E-state index is 0.0213. The predicted molar refractivity (Wildman–Crippen MR) is 79.4 cm³/mol. The molecule has 1 saturated heterocycles. The summed E-state index contributed by atoms with van der Waals surface area (Å²) in [6.45, 7) is 1.54. The number of rotatable bonds is 7. The molecule has 0 N–H and O–H groups in total. The third-order valence-electron chi connectivity index (χ3n) is 4.21. The van der Waals surface area contributed by atoms with Crippen LogP contribution in [0.2, 0.25) is 0 Å². The van der Waals surface area contributed by atoms with Crippen LogP contribution in [-0.4, -0.2) is 38.2 Å². The van der Waals surface area contributed by atoms with Gasteiger partial charge in [-0.2, -0.15) is 0 Å². The highest BCUT2D eigenvalue weighted by atomic mass is 19.2. The average molecular weight is 342 g/mol. The van der Waals surface area contributed by atoms with Crippen molar-refractivity contribution < 1.29 is 32.5 Å². The molecule has 0 aromatic heterocycles. The second-order valence-electron chi connectivity index (χ2n) is 6.08. The van der Waals surface area contributed by atoms with E-state index < -0.39 is 17.6 Å². The van der Waals surface area contributed by atoms with E-state index in [1.165, 1.54) is 6.07 Å². The first kappa shape index (κ1) is 17.3. The quantitative estimate of drug-likeness (QED) is 0.251. The fourth-order valence-electron chi connectivity index (χ4n) is 2.69. The van der Waals surface area contributed by atoms with Crippen molar-refractivity contribution in [3.05, 3.63) is 29.8 Å². The van der Waals surface area contributed by atoms with E-state index in [2.05, 4.69) is 0 Å². The van der Waals surface area contributed by atoms with E-state index in [1.807, 2.05) is 0 Å². The number of carbonyl (C=O) groups is 1. The summed E-state index contributed by atoms with van der Waals surface area (Å²) in [6, 6.07) is 3.06. The van der Waals surface area contributed by atoms with Crippen LogP contribution in [0.15, 0.2) is 18.2 Å². The summed E-state index contributed by atoms with van der Waals surface area (Å²) in [4.78, 5) is 12.1. The Morgan fingerprint density at radius 1 is 1.17 bits per heavy atom. The fourth-order valence-corrected chi connectivity index (χ4v) is 2.69. The van der Waals surface area contributed by atoms with Crippen LogP contribution in [0.1, 0.15) is 25.7 Å². The molecule has 24 heavy (non-hydrogen) atoms. The van der Waals surface area contributed by atoms with Gasteiger partial charge in [0.15, 0.2) is 11.6 Å². The lowest BCUT2D eigenvalue weighted by molar-refractivity contribution is -0.143. The predicted octanol–water partition coefficient (Wildman–Crippen LogP) is 2.82. The molecule has 1 aromatic rings. The molecule has 3 rings (SSSR count). The van der Waals surface area contributed by atoms with E-state index in [9.17, 15) is 13.6 Å². The number of esters is 1. The lowest BCUT2D eigenvalue weighted by Gasteiger charge is -2.27. The summed E-state index contributed by atoms with van der Waals surface area (Å²) >= 11 is 0. The first-order valence-corrected chi connectivity index (χ1v) is 8.09. The van der Waals surface area contributed by atoms with Crippen molar-refractivity contribution in [3.63, 3.8) is 0 Å². The largest absolute Gasteiger partial charge is 0.426 e. The molecule has 0 amide bonds. The highest BCUT2D eigenvalue weighted by molar-refractivity contribution is 5.75. The Bertz CT molecular complexity index is 568. The lowest BCUT2D eigenvalue weighted by Crippen LogP contribution is -2.29. The zero-order valence-corrected chi connectivity index (χ0v) is 13.2. The molecule has 0 spiro atoms. The third kappa shape index (κ3) is 4.96. The maximum absolute atomic E-state index is 13.1. The second kappa shape index (κ2) is 8.00.